The van der Waals surface area contributed by atoms with Crippen LogP contribution in [0.1, 0.15) is 0 Å². The van der Waals surface area contributed by atoms with Crippen LogP contribution in [0.5, 0.6) is 0 Å². The van der Waals surface area contributed by atoms with E-state index in [-0.39, 0.29) is 0 Å². The molecule has 0 saturated carbocycles. The second-order valence-corrected chi connectivity index (χ2v) is 33.7. The van der Waals surface area contributed by atoms with Gasteiger partial charge in [-0.15, -0.1) is 11.3 Å². The Morgan fingerprint density at radius 1 is 0.172 bits per heavy atom. The summed E-state index contributed by atoms with van der Waals surface area (Å²) in [6, 6.07) is 135. The van der Waals surface area contributed by atoms with Gasteiger partial charge < -0.3 is 31.2 Å². The van der Waals surface area contributed by atoms with Crippen molar-refractivity contribution in [3.8, 4) is 102 Å². The number of para-hydroxylation sites is 4. The molecule has 0 radical (unpaired) electrons. The molecule has 14 heteroatoms. The maximum Gasteiger partial charge on any atom is 0.165 e. The number of thiophene rings is 1. The fourth-order valence-corrected chi connectivity index (χ4v) is 20.6. The number of benzene rings is 18. The Hall–Kier alpha value is -17.2. The van der Waals surface area contributed by atoms with Gasteiger partial charge in [-0.2, -0.15) is 0 Å². The van der Waals surface area contributed by atoms with Gasteiger partial charge in [0.15, 0.2) is 34.9 Å². The molecule has 0 aliphatic rings. The monoisotopic (exact) mass is 1660 g/mol. The van der Waals surface area contributed by atoms with Crippen LogP contribution in [-0.2, 0) is 0 Å². The molecule has 13 nitrogen and oxygen atoms in total. The molecular weight excluding hydrogens is 1590 g/mol. The highest BCUT2D eigenvalue weighted by Gasteiger charge is 2.25. The van der Waals surface area contributed by atoms with Crippen molar-refractivity contribution in [1.82, 2.24) is 39.0 Å². The first-order chi connectivity index (χ1) is 63.4. The molecule has 0 saturated heterocycles. The van der Waals surface area contributed by atoms with Crippen LogP contribution >= 0.6 is 11.3 Å². The third-order valence-corrected chi connectivity index (χ3v) is 26.6. The van der Waals surface area contributed by atoms with Crippen LogP contribution in [0.3, 0.4) is 0 Å². The van der Waals surface area contributed by atoms with Crippen molar-refractivity contribution in [2.24, 2.45) is 0 Å². The zero-order valence-corrected chi connectivity index (χ0v) is 68.8. The summed E-state index contributed by atoms with van der Waals surface area (Å²) in [5.74, 6) is 3.80. The van der Waals surface area contributed by atoms with Gasteiger partial charge in [-0.05, 0) is 168 Å². The van der Waals surface area contributed by atoms with Crippen LogP contribution in [-0.4, -0.2) is 39.0 Å². The Balaban J connectivity index is 0.000000132. The Kier molecular flexibility index (Phi) is 15.7. The Morgan fingerprint density at radius 2 is 0.477 bits per heavy atom. The van der Waals surface area contributed by atoms with Crippen molar-refractivity contribution in [1.29, 1.82) is 0 Å². The molecule has 596 valence electrons. The first kappa shape index (κ1) is 71.4. The highest BCUT2D eigenvalue weighted by atomic mass is 32.1. The van der Waals surface area contributed by atoms with Crippen LogP contribution in [0.2, 0.25) is 0 Å². The molecule has 0 aliphatic carbocycles. The summed E-state index contributed by atoms with van der Waals surface area (Å²) in [5, 5.41) is 17.6. The molecule has 128 heavy (non-hydrogen) atoms. The van der Waals surface area contributed by atoms with Crippen molar-refractivity contribution in [2.75, 3.05) is 0 Å². The van der Waals surface area contributed by atoms with Crippen LogP contribution < -0.4 is 0 Å². The van der Waals surface area contributed by atoms with E-state index in [4.69, 9.17) is 52.0 Å². The van der Waals surface area contributed by atoms with Gasteiger partial charge in [0, 0.05) is 130 Å². The van der Waals surface area contributed by atoms with Crippen molar-refractivity contribution < 1.29 is 22.1 Å². The summed E-state index contributed by atoms with van der Waals surface area (Å²) in [4.78, 5) is 30.1. The number of aromatic nitrogens is 8. The predicted octanol–water partition coefficient (Wildman–Crippen LogP) is 31.1. The van der Waals surface area contributed by atoms with E-state index in [0.717, 1.165) is 203 Å². The molecule has 28 aromatic rings. The van der Waals surface area contributed by atoms with Gasteiger partial charge >= 0.3 is 0 Å². The van der Waals surface area contributed by atoms with E-state index in [1.807, 2.05) is 170 Å². The van der Waals surface area contributed by atoms with E-state index >= 15 is 0 Å². The maximum absolute atomic E-state index is 6.45. The van der Waals surface area contributed by atoms with Crippen LogP contribution in [0, 0.1) is 0 Å². The molecule has 0 bridgehead atoms. The largest absolute Gasteiger partial charge is 0.456 e. The lowest BCUT2D eigenvalue weighted by atomic mass is 10.0. The van der Waals surface area contributed by atoms with Gasteiger partial charge in [-0.1, -0.05) is 243 Å². The zero-order chi connectivity index (χ0) is 83.8. The summed E-state index contributed by atoms with van der Waals surface area (Å²) in [6.07, 6.45) is 0. The van der Waals surface area contributed by atoms with Crippen LogP contribution in [0.4, 0.5) is 0 Å². The Morgan fingerprint density at radius 3 is 0.953 bits per heavy atom. The molecule has 0 amide bonds. The van der Waals surface area contributed by atoms with Crippen molar-refractivity contribution in [3.63, 3.8) is 0 Å². The minimum absolute atomic E-state index is 0.599. The number of fused-ring (bicyclic) bond motifs is 24. The third kappa shape index (κ3) is 11.4. The number of hydrogen-bond acceptors (Lipinski definition) is 12. The lowest BCUT2D eigenvalue weighted by molar-refractivity contribution is 0.664. The molecule has 0 atom stereocenters. The molecule has 0 aliphatic heterocycles. The zero-order valence-electron chi connectivity index (χ0n) is 68.0. The minimum Gasteiger partial charge on any atom is -0.456 e. The van der Waals surface area contributed by atoms with E-state index in [9.17, 15) is 0 Å². The first-order valence-corrected chi connectivity index (χ1v) is 43.5. The lowest BCUT2D eigenvalue weighted by Gasteiger charge is -2.10. The average molecular weight is 1660 g/mol. The van der Waals surface area contributed by atoms with Gasteiger partial charge in [-0.25, -0.2) is 29.9 Å². The topological polar surface area (TPSA) is 153 Å². The second-order valence-electron chi connectivity index (χ2n) is 32.7. The number of hydrogen-bond donors (Lipinski definition) is 0. The van der Waals surface area contributed by atoms with E-state index in [1.54, 1.807) is 11.3 Å². The van der Waals surface area contributed by atoms with Crippen LogP contribution in [0.15, 0.2) is 410 Å². The van der Waals surface area contributed by atoms with Gasteiger partial charge in [0.1, 0.15) is 55.8 Å². The minimum atomic E-state index is 0.599. The normalized spacial score (nSPS) is 12.1. The van der Waals surface area contributed by atoms with Gasteiger partial charge in [-0.3, -0.25) is 0 Å². The lowest BCUT2D eigenvalue weighted by Crippen LogP contribution is -2.00. The summed E-state index contributed by atoms with van der Waals surface area (Å²) in [6.45, 7) is 0. The van der Waals surface area contributed by atoms with E-state index in [1.165, 1.54) is 37.0 Å². The smallest absolute Gasteiger partial charge is 0.165 e. The van der Waals surface area contributed by atoms with Crippen molar-refractivity contribution >= 4 is 185 Å². The van der Waals surface area contributed by atoms with Gasteiger partial charge in [0.05, 0.1) is 32.5 Å². The van der Waals surface area contributed by atoms with E-state index in [0.29, 0.717) is 34.9 Å². The predicted molar refractivity (Wildman–Crippen MR) is 521 cm³/mol. The molecule has 0 fully saturated rings. The highest BCUT2D eigenvalue weighted by molar-refractivity contribution is 7.26. The maximum atomic E-state index is 6.45. The first-order valence-electron chi connectivity index (χ1n) is 42.7. The summed E-state index contributed by atoms with van der Waals surface area (Å²) in [7, 11) is 0. The number of nitrogens with zero attached hydrogens (tertiary/aromatic N) is 8. The summed E-state index contributed by atoms with van der Waals surface area (Å²) >= 11 is 1.80. The summed E-state index contributed by atoms with van der Waals surface area (Å²) in [5.41, 5.74) is 25.4. The Labute approximate surface area is 731 Å². The fraction of sp³-hybridized carbons (Fsp3) is 0. The summed E-state index contributed by atoms with van der Waals surface area (Å²) < 4.78 is 39.0. The standard InChI is InChI=1S/C57H32N4O3.C57H32N4O2S/c1-3-11-33(12-4-1)55-58-56(34-13-5-2-6-14-34)60-57(59-55)37-21-25-50-43(29-37)44-30-38(22-26-52(44)62-50)61-47-17-9-7-15-39(47)41-27-35(19-23-48(41)61)36-20-24-51-42(28-36)46-32-53-45(31-54(46)64-51)40-16-8-10-18-49(40)63-53;1-3-13-33(14-4-1)55-58-56(34-15-5-2-6-16-34)60-57(59-55)41-21-11-19-39-40-20-12-23-48(54(40)64-53(39)41)61-46-22-9-7-17-37(46)42-29-35(25-27-47(42)61)36-26-28-50-43(30-36)45-32-51-44(31-52(45)63-50)38-18-8-10-24-49(38)62-51/h2*1-32H. The van der Waals surface area contributed by atoms with Gasteiger partial charge in [0.2, 0.25) is 0 Å². The third-order valence-electron chi connectivity index (χ3n) is 25.3. The van der Waals surface area contributed by atoms with Gasteiger partial charge in [0.25, 0.3) is 0 Å². The fourth-order valence-electron chi connectivity index (χ4n) is 19.3. The molecule has 0 N–H and O–H groups in total. The van der Waals surface area contributed by atoms with Crippen molar-refractivity contribution in [2.45, 2.75) is 0 Å². The molecule has 10 aromatic heterocycles. The Bertz CT molecular complexity index is 9370. The molecule has 28 rings (SSSR count). The molecule has 18 aromatic carbocycles. The van der Waals surface area contributed by atoms with Crippen molar-refractivity contribution in [3.05, 3.63) is 388 Å². The quantitative estimate of drug-likeness (QED) is 0.129. The SMILES string of the molecule is c1ccc(-c2nc(-c3ccccc3)nc(-c3ccc4oc5ccc(-n6c7ccccc7c7cc(-c8ccc9oc%10cc%11c(cc%10c9c8)oc8ccccc8%11)ccc76)cc5c4c3)n2)cc1.c1ccc(-c2nc(-c3ccccc3)nc(-c3cccc4c3sc3c(-n5c6ccccc6c6cc(-c7ccc8oc9cc%10c(cc9c8c7)oc7ccccc7%10)ccc65)cccc34)n2)cc1. The van der Waals surface area contributed by atoms with E-state index < -0.39 is 0 Å². The average Bonchev–Trinajstić information content (AvgIpc) is 1.58. The molecule has 0 unspecified atom stereocenters. The second kappa shape index (κ2) is 28.2. The molecular formula is C114H64N8O5S. The van der Waals surface area contributed by atoms with E-state index in [2.05, 4.69) is 228 Å². The molecule has 10 heterocycles. The van der Waals surface area contributed by atoms with Crippen LogP contribution in [0.25, 0.3) is 275 Å². The number of furan rings is 5. The number of rotatable bonds is 10. The highest BCUT2D eigenvalue weighted by Crippen LogP contribution is 2.48. The molecule has 0 spiro atoms.